The largest absolute Gasteiger partial charge is 0.508 e. The van der Waals surface area contributed by atoms with Crippen molar-refractivity contribution in [3.8, 4) is 16.9 Å². The standard InChI is InChI=1S/C16H11FO/c17-15-10-7-11-3-1-2-4-14(11)16(15)12-5-8-13(18)9-6-12/h1-10,18H. The van der Waals surface area contributed by atoms with Gasteiger partial charge in [0.1, 0.15) is 11.6 Å². The Bertz CT molecular complexity index is 702. The summed E-state index contributed by atoms with van der Waals surface area (Å²) in [6.07, 6.45) is 0. The fourth-order valence-corrected chi connectivity index (χ4v) is 2.17. The van der Waals surface area contributed by atoms with Crippen molar-refractivity contribution < 1.29 is 9.50 Å². The van der Waals surface area contributed by atoms with Crippen LogP contribution in [-0.2, 0) is 0 Å². The van der Waals surface area contributed by atoms with Gasteiger partial charge in [-0.05, 0) is 34.5 Å². The Kier molecular flexibility index (Phi) is 2.49. The van der Waals surface area contributed by atoms with E-state index in [1.54, 1.807) is 30.3 Å². The molecule has 0 saturated carbocycles. The highest BCUT2D eigenvalue weighted by Crippen LogP contribution is 2.31. The minimum atomic E-state index is -0.251. The molecule has 3 aromatic rings. The van der Waals surface area contributed by atoms with Gasteiger partial charge in [0.25, 0.3) is 0 Å². The van der Waals surface area contributed by atoms with Crippen molar-refractivity contribution in [3.63, 3.8) is 0 Å². The van der Waals surface area contributed by atoms with Crippen molar-refractivity contribution >= 4 is 10.8 Å². The van der Waals surface area contributed by atoms with Gasteiger partial charge in [0.05, 0.1) is 0 Å². The SMILES string of the molecule is Oc1ccc(-c2c(F)ccc3ccccc23)cc1. The van der Waals surface area contributed by atoms with E-state index in [-0.39, 0.29) is 11.6 Å². The van der Waals surface area contributed by atoms with Crippen LogP contribution in [-0.4, -0.2) is 5.11 Å². The molecule has 1 N–H and O–H groups in total. The molecule has 0 aliphatic rings. The van der Waals surface area contributed by atoms with Gasteiger partial charge in [-0.3, -0.25) is 0 Å². The predicted octanol–water partition coefficient (Wildman–Crippen LogP) is 4.35. The second kappa shape index (κ2) is 4.15. The lowest BCUT2D eigenvalue weighted by molar-refractivity contribution is 0.475. The number of rotatable bonds is 1. The van der Waals surface area contributed by atoms with Crippen LogP contribution in [0.3, 0.4) is 0 Å². The Morgan fingerprint density at radius 3 is 2.28 bits per heavy atom. The summed E-state index contributed by atoms with van der Waals surface area (Å²) in [4.78, 5) is 0. The molecule has 3 aromatic carbocycles. The zero-order valence-electron chi connectivity index (χ0n) is 9.60. The molecular formula is C16H11FO. The quantitative estimate of drug-likeness (QED) is 0.668. The molecule has 0 unspecified atom stereocenters. The lowest BCUT2D eigenvalue weighted by Crippen LogP contribution is -1.86. The minimum absolute atomic E-state index is 0.180. The molecule has 0 fully saturated rings. The molecule has 2 heteroatoms. The normalized spacial score (nSPS) is 10.7. The van der Waals surface area contributed by atoms with Gasteiger partial charge in [-0.15, -0.1) is 0 Å². The summed E-state index contributed by atoms with van der Waals surface area (Å²) in [6, 6.07) is 17.5. The molecule has 1 nitrogen and oxygen atoms in total. The summed E-state index contributed by atoms with van der Waals surface area (Å²) in [5.74, 6) is -0.0706. The molecular weight excluding hydrogens is 227 g/mol. The van der Waals surface area contributed by atoms with Crippen LogP contribution >= 0.6 is 0 Å². The number of aromatic hydroxyl groups is 1. The van der Waals surface area contributed by atoms with E-state index in [4.69, 9.17) is 0 Å². The molecule has 0 amide bonds. The number of halogens is 1. The number of fused-ring (bicyclic) bond motifs is 1. The van der Waals surface area contributed by atoms with E-state index in [0.717, 1.165) is 16.3 Å². The van der Waals surface area contributed by atoms with Crippen LogP contribution < -0.4 is 0 Å². The van der Waals surface area contributed by atoms with Crippen LogP contribution in [0.4, 0.5) is 4.39 Å². The number of benzene rings is 3. The van der Waals surface area contributed by atoms with E-state index < -0.39 is 0 Å². The van der Waals surface area contributed by atoms with Crippen LogP contribution in [0.15, 0.2) is 60.7 Å². The molecule has 0 bridgehead atoms. The molecule has 3 rings (SSSR count). The second-order valence-electron chi connectivity index (χ2n) is 4.19. The maximum absolute atomic E-state index is 14.0. The highest BCUT2D eigenvalue weighted by atomic mass is 19.1. The summed E-state index contributed by atoms with van der Waals surface area (Å²) < 4.78 is 14.0. The number of hydrogen-bond acceptors (Lipinski definition) is 1. The highest BCUT2D eigenvalue weighted by molar-refractivity contribution is 5.96. The fraction of sp³-hybridized carbons (Fsp3) is 0. The fourth-order valence-electron chi connectivity index (χ4n) is 2.17. The molecule has 0 aliphatic heterocycles. The first-order chi connectivity index (χ1) is 8.75. The van der Waals surface area contributed by atoms with Crippen LogP contribution in [0.25, 0.3) is 21.9 Å². The summed E-state index contributed by atoms with van der Waals surface area (Å²) in [5.41, 5.74) is 1.34. The highest BCUT2D eigenvalue weighted by Gasteiger charge is 2.09. The topological polar surface area (TPSA) is 20.2 Å². The van der Waals surface area contributed by atoms with Gasteiger partial charge in [-0.25, -0.2) is 4.39 Å². The first kappa shape index (κ1) is 10.8. The van der Waals surface area contributed by atoms with E-state index in [2.05, 4.69) is 0 Å². The van der Waals surface area contributed by atoms with Crippen molar-refractivity contribution in [2.24, 2.45) is 0 Å². The number of phenolic OH excluding ortho intramolecular Hbond substituents is 1. The molecule has 0 aliphatic carbocycles. The maximum atomic E-state index is 14.0. The second-order valence-corrected chi connectivity index (χ2v) is 4.19. The minimum Gasteiger partial charge on any atom is -0.508 e. The zero-order valence-corrected chi connectivity index (χ0v) is 9.60. The van der Waals surface area contributed by atoms with Crippen molar-refractivity contribution in [1.29, 1.82) is 0 Å². The van der Waals surface area contributed by atoms with Crippen molar-refractivity contribution in [2.75, 3.05) is 0 Å². The van der Waals surface area contributed by atoms with Gasteiger partial charge in [0.2, 0.25) is 0 Å². The molecule has 0 radical (unpaired) electrons. The Labute approximate surface area is 104 Å². The van der Waals surface area contributed by atoms with Crippen molar-refractivity contribution in [3.05, 3.63) is 66.5 Å². The van der Waals surface area contributed by atoms with Gasteiger partial charge in [0, 0.05) is 5.56 Å². The van der Waals surface area contributed by atoms with Gasteiger partial charge in [-0.1, -0.05) is 42.5 Å². The molecule has 0 aromatic heterocycles. The number of phenols is 1. The van der Waals surface area contributed by atoms with Gasteiger partial charge < -0.3 is 5.11 Å². The third kappa shape index (κ3) is 1.72. The summed E-state index contributed by atoms with van der Waals surface area (Å²) in [7, 11) is 0. The van der Waals surface area contributed by atoms with E-state index in [0.29, 0.717) is 5.56 Å². The third-order valence-corrected chi connectivity index (χ3v) is 3.03. The van der Waals surface area contributed by atoms with Gasteiger partial charge >= 0.3 is 0 Å². The predicted molar refractivity (Wildman–Crippen MR) is 71.0 cm³/mol. The average Bonchev–Trinajstić information content (AvgIpc) is 2.40. The van der Waals surface area contributed by atoms with Gasteiger partial charge in [0.15, 0.2) is 0 Å². The lowest BCUT2D eigenvalue weighted by atomic mass is 9.98. The average molecular weight is 238 g/mol. The maximum Gasteiger partial charge on any atom is 0.131 e. The first-order valence-corrected chi connectivity index (χ1v) is 5.72. The van der Waals surface area contributed by atoms with Crippen LogP contribution in [0.2, 0.25) is 0 Å². The third-order valence-electron chi connectivity index (χ3n) is 3.03. The Morgan fingerprint density at radius 2 is 1.50 bits per heavy atom. The van der Waals surface area contributed by atoms with E-state index in [1.807, 2.05) is 24.3 Å². The van der Waals surface area contributed by atoms with E-state index in [1.165, 1.54) is 6.07 Å². The van der Waals surface area contributed by atoms with Gasteiger partial charge in [-0.2, -0.15) is 0 Å². The smallest absolute Gasteiger partial charge is 0.131 e. The molecule has 18 heavy (non-hydrogen) atoms. The lowest BCUT2D eigenvalue weighted by Gasteiger charge is -2.08. The van der Waals surface area contributed by atoms with Crippen molar-refractivity contribution in [2.45, 2.75) is 0 Å². The molecule has 0 saturated heterocycles. The molecule has 0 atom stereocenters. The Morgan fingerprint density at radius 1 is 0.778 bits per heavy atom. The summed E-state index contributed by atoms with van der Waals surface area (Å²) in [5, 5.41) is 11.2. The Hall–Kier alpha value is -2.35. The zero-order chi connectivity index (χ0) is 12.5. The number of hydrogen-bond donors (Lipinski definition) is 1. The molecule has 88 valence electrons. The van der Waals surface area contributed by atoms with E-state index in [9.17, 15) is 9.50 Å². The summed E-state index contributed by atoms with van der Waals surface area (Å²) in [6.45, 7) is 0. The Balaban J connectivity index is 2.33. The molecule has 0 heterocycles. The monoisotopic (exact) mass is 238 g/mol. The van der Waals surface area contributed by atoms with Crippen LogP contribution in [0.1, 0.15) is 0 Å². The first-order valence-electron chi connectivity index (χ1n) is 5.72. The summed E-state index contributed by atoms with van der Waals surface area (Å²) >= 11 is 0. The van der Waals surface area contributed by atoms with Crippen molar-refractivity contribution in [1.82, 2.24) is 0 Å². The van der Waals surface area contributed by atoms with Crippen LogP contribution in [0, 0.1) is 5.82 Å². The van der Waals surface area contributed by atoms with Crippen LogP contribution in [0.5, 0.6) is 5.75 Å². The molecule has 0 spiro atoms. The van der Waals surface area contributed by atoms with E-state index >= 15 is 0 Å².